The molecule has 4 unspecified atom stereocenters. The number of carbonyl (C=O) groups is 2. The van der Waals surface area contributed by atoms with Gasteiger partial charge in [-0.3, -0.25) is 4.79 Å². The van der Waals surface area contributed by atoms with Gasteiger partial charge in [-0.2, -0.15) is 0 Å². The second-order valence-electron chi connectivity index (χ2n) is 6.95. The summed E-state index contributed by atoms with van der Waals surface area (Å²) < 4.78 is 11.1. The zero-order chi connectivity index (χ0) is 20.4. The van der Waals surface area contributed by atoms with Crippen molar-refractivity contribution in [3.05, 3.63) is 42.5 Å². The fourth-order valence-electron chi connectivity index (χ4n) is 3.27. The molecular weight excluding hydrogens is 364 g/mol. The highest BCUT2D eigenvalue weighted by Gasteiger charge is 2.42. The number of Topliss-reactive ketones (excluding diaryl/α,β-unsaturated/α-hetero) is 1. The Labute approximate surface area is 164 Å². The van der Waals surface area contributed by atoms with Crippen molar-refractivity contribution in [1.29, 1.82) is 0 Å². The third kappa shape index (κ3) is 7.42. The number of allylic oxidation sites excluding steroid dienone is 1. The fraction of sp³-hybridized carbons (Fsp3) is 0.524. The Kier molecular flexibility index (Phi) is 9.13. The van der Waals surface area contributed by atoms with Crippen molar-refractivity contribution < 1.29 is 34.4 Å². The van der Waals surface area contributed by atoms with Crippen molar-refractivity contribution in [2.24, 2.45) is 5.92 Å². The van der Waals surface area contributed by atoms with Crippen molar-refractivity contribution in [3.63, 3.8) is 0 Å². The molecule has 7 heteroatoms. The molecule has 28 heavy (non-hydrogen) atoms. The van der Waals surface area contributed by atoms with E-state index in [0.717, 1.165) is 18.9 Å². The molecule has 0 radical (unpaired) electrons. The molecule has 7 nitrogen and oxygen atoms in total. The lowest BCUT2D eigenvalue weighted by atomic mass is 9.96. The van der Waals surface area contributed by atoms with Crippen LogP contribution in [-0.2, 0) is 14.3 Å². The van der Waals surface area contributed by atoms with Gasteiger partial charge in [0.05, 0.1) is 18.8 Å². The van der Waals surface area contributed by atoms with Crippen LogP contribution in [0.1, 0.15) is 32.1 Å². The number of carboxylic acids is 1. The van der Waals surface area contributed by atoms with E-state index in [9.17, 15) is 19.8 Å². The van der Waals surface area contributed by atoms with Crippen LogP contribution in [0.4, 0.5) is 0 Å². The Morgan fingerprint density at radius 3 is 2.68 bits per heavy atom. The van der Waals surface area contributed by atoms with Crippen LogP contribution >= 0.6 is 0 Å². The normalized spacial score (nSPS) is 23.2. The van der Waals surface area contributed by atoms with Crippen LogP contribution in [0.25, 0.3) is 0 Å². The zero-order valence-corrected chi connectivity index (χ0v) is 15.8. The first-order valence-corrected chi connectivity index (χ1v) is 9.55. The topological polar surface area (TPSA) is 113 Å². The molecule has 1 aromatic rings. The summed E-state index contributed by atoms with van der Waals surface area (Å²) in [5.41, 5.74) is 0. The van der Waals surface area contributed by atoms with E-state index in [1.165, 1.54) is 0 Å². The van der Waals surface area contributed by atoms with Crippen molar-refractivity contribution in [1.82, 2.24) is 0 Å². The van der Waals surface area contributed by atoms with E-state index in [2.05, 4.69) is 0 Å². The van der Waals surface area contributed by atoms with Crippen LogP contribution in [0.5, 0.6) is 5.75 Å². The number of benzene rings is 1. The van der Waals surface area contributed by atoms with Gasteiger partial charge in [-0.1, -0.05) is 30.7 Å². The molecule has 154 valence electrons. The molecule has 0 aliphatic heterocycles. The largest absolute Gasteiger partial charge is 0.491 e. The number of aliphatic hydroxyl groups is 2. The molecule has 1 saturated carbocycles. The van der Waals surface area contributed by atoms with Gasteiger partial charge in [-0.25, -0.2) is 4.79 Å². The molecule has 0 heterocycles. The summed E-state index contributed by atoms with van der Waals surface area (Å²) in [5.74, 6) is -0.765. The number of rotatable bonds is 12. The number of hydrogen-bond acceptors (Lipinski definition) is 6. The third-order valence-electron chi connectivity index (χ3n) is 4.66. The number of unbranched alkanes of at least 4 members (excludes halogenated alkanes) is 2. The Morgan fingerprint density at radius 2 is 1.96 bits per heavy atom. The average Bonchev–Trinajstić information content (AvgIpc) is 2.94. The minimum absolute atomic E-state index is 0.0281. The summed E-state index contributed by atoms with van der Waals surface area (Å²) >= 11 is 0. The van der Waals surface area contributed by atoms with Gasteiger partial charge in [0.2, 0.25) is 0 Å². The SMILES string of the molecule is O=C(O)C=CCCCCC1C(=O)CC(O)C1OCC(O)COc1ccccc1. The lowest BCUT2D eigenvalue weighted by molar-refractivity contribution is -0.131. The molecular formula is C21H28O7. The van der Waals surface area contributed by atoms with Gasteiger partial charge in [-0.05, 0) is 31.4 Å². The van der Waals surface area contributed by atoms with Crippen LogP contribution in [0.15, 0.2) is 42.5 Å². The van der Waals surface area contributed by atoms with Gasteiger partial charge in [-0.15, -0.1) is 0 Å². The van der Waals surface area contributed by atoms with E-state index < -0.39 is 30.2 Å². The highest BCUT2D eigenvalue weighted by Crippen LogP contribution is 2.30. The maximum absolute atomic E-state index is 12.1. The van der Waals surface area contributed by atoms with Gasteiger partial charge < -0.3 is 24.8 Å². The van der Waals surface area contributed by atoms with Crippen molar-refractivity contribution >= 4 is 11.8 Å². The first-order valence-electron chi connectivity index (χ1n) is 9.55. The van der Waals surface area contributed by atoms with Gasteiger partial charge in [0, 0.05) is 18.4 Å². The second-order valence-corrected chi connectivity index (χ2v) is 6.95. The van der Waals surface area contributed by atoms with Crippen LogP contribution in [-0.4, -0.2) is 58.6 Å². The first-order chi connectivity index (χ1) is 13.5. The van der Waals surface area contributed by atoms with Gasteiger partial charge in [0.25, 0.3) is 0 Å². The number of aliphatic carboxylic acids is 1. The minimum Gasteiger partial charge on any atom is -0.491 e. The number of carboxylic acid groups (broad SMARTS) is 1. The number of para-hydroxylation sites is 1. The number of ketones is 1. The van der Waals surface area contributed by atoms with Crippen LogP contribution in [0, 0.1) is 5.92 Å². The van der Waals surface area contributed by atoms with Crippen molar-refractivity contribution in [3.8, 4) is 5.75 Å². The standard InChI is InChI=1S/C21H28O7/c22-15(13-27-16-8-4-3-5-9-16)14-28-21-17(18(23)12-19(21)24)10-6-1-2-7-11-20(25)26/h3-5,7-9,11,15,17,19,21-22,24H,1-2,6,10,12-14H2,(H,25,26). The molecule has 0 spiro atoms. The minimum atomic E-state index is -0.975. The van der Waals surface area contributed by atoms with Crippen LogP contribution < -0.4 is 4.74 Å². The Morgan fingerprint density at radius 1 is 1.21 bits per heavy atom. The molecule has 4 atom stereocenters. The molecule has 3 N–H and O–H groups in total. The van der Waals surface area contributed by atoms with Gasteiger partial charge >= 0.3 is 5.97 Å². The maximum atomic E-state index is 12.1. The summed E-state index contributed by atoms with van der Waals surface area (Å²) in [5, 5.41) is 28.7. The maximum Gasteiger partial charge on any atom is 0.327 e. The summed E-state index contributed by atoms with van der Waals surface area (Å²) in [6.07, 6.45) is 3.06. The Balaban J connectivity index is 1.73. The lowest BCUT2D eigenvalue weighted by Crippen LogP contribution is -2.34. The highest BCUT2D eigenvalue weighted by molar-refractivity contribution is 5.84. The third-order valence-corrected chi connectivity index (χ3v) is 4.66. The molecule has 1 aliphatic rings. The molecule has 0 aromatic heterocycles. The van der Waals surface area contributed by atoms with E-state index in [1.54, 1.807) is 18.2 Å². The predicted molar refractivity (Wildman–Crippen MR) is 102 cm³/mol. The Hall–Kier alpha value is -2.22. The number of ether oxygens (including phenoxy) is 2. The summed E-state index contributed by atoms with van der Waals surface area (Å²) in [6, 6.07) is 9.11. The second kappa shape index (κ2) is 11.6. The van der Waals surface area contributed by atoms with Crippen LogP contribution in [0.3, 0.4) is 0 Å². The van der Waals surface area contributed by atoms with E-state index in [0.29, 0.717) is 18.6 Å². The molecule has 1 fully saturated rings. The molecule has 0 bridgehead atoms. The molecule has 0 saturated heterocycles. The van der Waals surface area contributed by atoms with Gasteiger partial charge in [0.1, 0.15) is 24.2 Å². The zero-order valence-electron chi connectivity index (χ0n) is 15.8. The number of carbonyl (C=O) groups excluding carboxylic acids is 1. The fourth-order valence-corrected chi connectivity index (χ4v) is 3.27. The highest BCUT2D eigenvalue weighted by atomic mass is 16.5. The van der Waals surface area contributed by atoms with E-state index in [4.69, 9.17) is 14.6 Å². The van der Waals surface area contributed by atoms with Crippen LogP contribution in [0.2, 0.25) is 0 Å². The quantitative estimate of drug-likeness (QED) is 0.368. The smallest absolute Gasteiger partial charge is 0.327 e. The van der Waals surface area contributed by atoms with Crippen molar-refractivity contribution in [2.75, 3.05) is 13.2 Å². The van der Waals surface area contributed by atoms with E-state index in [1.807, 2.05) is 18.2 Å². The number of aliphatic hydroxyl groups excluding tert-OH is 2. The van der Waals surface area contributed by atoms with E-state index >= 15 is 0 Å². The van der Waals surface area contributed by atoms with Gasteiger partial charge in [0.15, 0.2) is 0 Å². The monoisotopic (exact) mass is 392 g/mol. The molecule has 1 aliphatic carbocycles. The summed E-state index contributed by atoms with van der Waals surface area (Å²) in [7, 11) is 0. The van der Waals surface area contributed by atoms with E-state index in [-0.39, 0.29) is 25.4 Å². The predicted octanol–water partition coefficient (Wildman–Crippen LogP) is 1.96. The first kappa shape index (κ1) is 22.1. The summed E-state index contributed by atoms with van der Waals surface area (Å²) in [6.45, 7) is 0.0288. The number of hydrogen-bond donors (Lipinski definition) is 3. The average molecular weight is 392 g/mol. The Bertz CT molecular complexity index is 643. The molecule has 2 rings (SSSR count). The van der Waals surface area contributed by atoms with Crippen molar-refractivity contribution in [2.45, 2.75) is 50.4 Å². The summed E-state index contributed by atoms with van der Waals surface area (Å²) in [4.78, 5) is 22.6. The molecule has 0 amide bonds. The molecule has 1 aromatic carbocycles. The lowest BCUT2D eigenvalue weighted by Gasteiger charge is -2.23.